The average molecular weight is 316 g/mol. The predicted molar refractivity (Wildman–Crippen MR) is 74.2 cm³/mol. The third-order valence-corrected chi connectivity index (χ3v) is 3.42. The van der Waals surface area contributed by atoms with Gasteiger partial charge in [-0.3, -0.25) is 0 Å². The zero-order chi connectivity index (χ0) is 15.9. The third kappa shape index (κ3) is 6.23. The van der Waals surface area contributed by atoms with Crippen LogP contribution in [0.3, 0.4) is 0 Å². The zero-order valence-corrected chi connectivity index (χ0v) is 12.1. The molecule has 9 heteroatoms. The summed E-state index contributed by atoms with van der Waals surface area (Å²) in [5.74, 6) is -1.03. The lowest BCUT2D eigenvalue weighted by Gasteiger charge is -2.08. The fraction of sp³-hybridized carbons (Fsp3) is 0.333. The molecule has 0 radical (unpaired) electrons. The Morgan fingerprint density at radius 2 is 1.86 bits per heavy atom. The van der Waals surface area contributed by atoms with E-state index in [-0.39, 0.29) is 18.7 Å². The molecular weight excluding hydrogens is 300 g/mol. The molecule has 0 aliphatic heterocycles. The lowest BCUT2D eigenvalue weighted by atomic mass is 10.1. The van der Waals surface area contributed by atoms with Gasteiger partial charge in [0.1, 0.15) is 0 Å². The largest absolute Gasteiger partial charge is 0.478 e. The molecule has 0 atom stereocenters. The zero-order valence-electron chi connectivity index (χ0n) is 11.3. The van der Waals surface area contributed by atoms with Gasteiger partial charge >= 0.3 is 22.3 Å². The molecule has 1 aromatic carbocycles. The molecule has 0 unspecified atom stereocenters. The number of carbonyl (C=O) groups is 2. The number of aromatic carboxylic acids is 1. The SMILES string of the molecule is CCOC(=O)NS(=O)(=O)NCCc1ccc(C(=O)O)cc1. The quantitative estimate of drug-likeness (QED) is 0.673. The smallest absolute Gasteiger partial charge is 0.421 e. The second-order valence-corrected chi connectivity index (χ2v) is 5.47. The minimum Gasteiger partial charge on any atom is -0.478 e. The van der Waals surface area contributed by atoms with Gasteiger partial charge in [0, 0.05) is 6.54 Å². The highest BCUT2D eigenvalue weighted by Gasteiger charge is 2.14. The lowest BCUT2D eigenvalue weighted by molar-refractivity contribution is 0.0696. The Hall–Kier alpha value is -2.13. The molecule has 0 saturated carbocycles. The molecule has 0 heterocycles. The molecule has 0 saturated heterocycles. The van der Waals surface area contributed by atoms with Crippen molar-refractivity contribution >= 4 is 22.3 Å². The van der Waals surface area contributed by atoms with E-state index in [4.69, 9.17) is 5.11 Å². The van der Waals surface area contributed by atoms with Gasteiger partial charge in [0.25, 0.3) is 0 Å². The number of carbonyl (C=O) groups excluding carboxylic acids is 1. The number of hydrogen-bond acceptors (Lipinski definition) is 5. The van der Waals surface area contributed by atoms with Gasteiger partial charge in [0.05, 0.1) is 12.2 Å². The van der Waals surface area contributed by atoms with Crippen LogP contribution in [-0.2, 0) is 21.4 Å². The van der Waals surface area contributed by atoms with Gasteiger partial charge in [-0.25, -0.2) is 14.3 Å². The maximum atomic E-state index is 11.4. The Morgan fingerprint density at radius 1 is 1.24 bits per heavy atom. The topological polar surface area (TPSA) is 122 Å². The summed E-state index contributed by atoms with van der Waals surface area (Å²) in [5.41, 5.74) is 0.919. The molecule has 0 bridgehead atoms. The summed E-state index contributed by atoms with van der Waals surface area (Å²) in [6.07, 6.45) is -0.695. The van der Waals surface area contributed by atoms with Gasteiger partial charge in [-0.05, 0) is 31.0 Å². The second kappa shape index (κ2) is 7.60. The van der Waals surface area contributed by atoms with Crippen LogP contribution in [0.4, 0.5) is 4.79 Å². The minimum absolute atomic E-state index is 0.0567. The Kier molecular flexibility index (Phi) is 6.12. The Balaban J connectivity index is 2.45. The summed E-state index contributed by atoms with van der Waals surface area (Å²) < 4.78 is 31.2. The molecule has 21 heavy (non-hydrogen) atoms. The minimum atomic E-state index is -3.96. The molecule has 0 aliphatic carbocycles. The standard InChI is InChI=1S/C12H16N2O6S/c1-2-20-12(17)14-21(18,19)13-8-7-9-3-5-10(6-4-9)11(15)16/h3-6,13H,2,7-8H2,1H3,(H,14,17)(H,15,16). The second-order valence-electron chi connectivity index (χ2n) is 3.97. The van der Waals surface area contributed by atoms with E-state index in [2.05, 4.69) is 9.46 Å². The first-order chi connectivity index (χ1) is 9.84. The molecule has 116 valence electrons. The van der Waals surface area contributed by atoms with Crippen LogP contribution in [0.15, 0.2) is 24.3 Å². The lowest BCUT2D eigenvalue weighted by Crippen LogP contribution is -2.41. The van der Waals surface area contributed by atoms with E-state index in [0.29, 0.717) is 6.42 Å². The van der Waals surface area contributed by atoms with Crippen molar-refractivity contribution in [3.8, 4) is 0 Å². The van der Waals surface area contributed by atoms with Crippen LogP contribution in [0.2, 0.25) is 0 Å². The highest BCUT2D eigenvalue weighted by atomic mass is 32.2. The van der Waals surface area contributed by atoms with Crippen LogP contribution < -0.4 is 9.44 Å². The fourth-order valence-corrected chi connectivity index (χ4v) is 2.17. The number of carboxylic acid groups (broad SMARTS) is 1. The van der Waals surface area contributed by atoms with E-state index in [1.54, 1.807) is 23.8 Å². The fourth-order valence-electron chi connectivity index (χ4n) is 1.45. The molecule has 1 rings (SSSR count). The van der Waals surface area contributed by atoms with Crippen LogP contribution in [0.5, 0.6) is 0 Å². The van der Waals surface area contributed by atoms with Gasteiger partial charge in [-0.1, -0.05) is 12.1 Å². The number of amides is 1. The molecule has 1 amide bonds. The van der Waals surface area contributed by atoms with Crippen molar-refractivity contribution in [1.82, 2.24) is 9.44 Å². The summed E-state index contributed by atoms with van der Waals surface area (Å²) >= 11 is 0. The highest BCUT2D eigenvalue weighted by Crippen LogP contribution is 2.04. The average Bonchev–Trinajstić information content (AvgIpc) is 2.38. The number of benzene rings is 1. The summed E-state index contributed by atoms with van der Waals surface area (Å²) in [6, 6.07) is 6.05. The van der Waals surface area contributed by atoms with E-state index in [1.165, 1.54) is 12.1 Å². The maximum absolute atomic E-state index is 11.4. The number of hydrogen-bond donors (Lipinski definition) is 3. The number of rotatable bonds is 7. The van der Waals surface area contributed by atoms with Crippen molar-refractivity contribution in [3.05, 3.63) is 35.4 Å². The Morgan fingerprint density at radius 3 is 2.38 bits per heavy atom. The molecular formula is C12H16N2O6S. The molecule has 8 nitrogen and oxygen atoms in total. The van der Waals surface area contributed by atoms with Crippen LogP contribution in [0.25, 0.3) is 0 Å². The van der Waals surface area contributed by atoms with Crippen molar-refractivity contribution in [1.29, 1.82) is 0 Å². The van der Waals surface area contributed by atoms with E-state index >= 15 is 0 Å². The predicted octanol–water partition coefficient (Wildman–Crippen LogP) is 0.508. The Labute approximate surface area is 122 Å². The molecule has 0 aromatic heterocycles. The van der Waals surface area contributed by atoms with Crippen LogP contribution in [-0.4, -0.2) is 38.7 Å². The first-order valence-electron chi connectivity index (χ1n) is 6.10. The monoisotopic (exact) mass is 316 g/mol. The van der Waals surface area contributed by atoms with Crippen LogP contribution in [0.1, 0.15) is 22.8 Å². The van der Waals surface area contributed by atoms with Crippen molar-refractivity contribution in [3.63, 3.8) is 0 Å². The normalized spacial score (nSPS) is 10.9. The molecule has 0 spiro atoms. The van der Waals surface area contributed by atoms with Gasteiger partial charge in [0.15, 0.2) is 0 Å². The molecule has 1 aromatic rings. The number of nitrogens with one attached hydrogen (secondary N) is 2. The van der Waals surface area contributed by atoms with Gasteiger partial charge in [-0.2, -0.15) is 13.1 Å². The van der Waals surface area contributed by atoms with Gasteiger partial charge in [0.2, 0.25) is 0 Å². The molecule has 0 fully saturated rings. The van der Waals surface area contributed by atoms with Gasteiger partial charge in [-0.15, -0.1) is 0 Å². The van der Waals surface area contributed by atoms with Crippen molar-refractivity contribution < 1.29 is 27.9 Å². The summed E-state index contributed by atoms with van der Waals surface area (Å²) in [5, 5.41) is 8.74. The first-order valence-corrected chi connectivity index (χ1v) is 7.58. The van der Waals surface area contributed by atoms with Crippen LogP contribution in [0, 0.1) is 0 Å². The van der Waals surface area contributed by atoms with Gasteiger partial charge < -0.3 is 9.84 Å². The molecule has 3 N–H and O–H groups in total. The van der Waals surface area contributed by atoms with E-state index in [1.807, 2.05) is 0 Å². The summed E-state index contributed by atoms with van der Waals surface area (Å²) in [7, 11) is -3.96. The maximum Gasteiger partial charge on any atom is 0.421 e. The summed E-state index contributed by atoms with van der Waals surface area (Å²) in [6.45, 7) is 1.68. The van der Waals surface area contributed by atoms with E-state index in [0.717, 1.165) is 5.56 Å². The van der Waals surface area contributed by atoms with E-state index < -0.39 is 22.3 Å². The van der Waals surface area contributed by atoms with E-state index in [9.17, 15) is 18.0 Å². The Bertz CT molecular complexity index is 597. The highest BCUT2D eigenvalue weighted by molar-refractivity contribution is 7.88. The molecule has 0 aliphatic rings. The first kappa shape index (κ1) is 16.9. The number of carboxylic acids is 1. The van der Waals surface area contributed by atoms with Crippen molar-refractivity contribution in [2.75, 3.05) is 13.2 Å². The van der Waals surface area contributed by atoms with Crippen molar-refractivity contribution in [2.45, 2.75) is 13.3 Å². The van der Waals surface area contributed by atoms with Crippen molar-refractivity contribution in [2.24, 2.45) is 0 Å². The third-order valence-electron chi connectivity index (χ3n) is 2.40. The summed E-state index contributed by atoms with van der Waals surface area (Å²) in [4.78, 5) is 21.7. The number of ether oxygens (including phenoxy) is 1. The van der Waals surface area contributed by atoms with Crippen LogP contribution >= 0.6 is 0 Å².